The van der Waals surface area contributed by atoms with E-state index in [1.54, 1.807) is 11.4 Å². The Labute approximate surface area is 132 Å². The van der Waals surface area contributed by atoms with Gasteiger partial charge >= 0.3 is 6.18 Å². The molecule has 2 N–H and O–H groups in total. The molecule has 9 heteroatoms. The fourth-order valence-corrected chi connectivity index (χ4v) is 3.64. The highest BCUT2D eigenvalue weighted by atomic mass is 79.9. The zero-order valence-electron chi connectivity index (χ0n) is 11.0. The van der Waals surface area contributed by atoms with Crippen LogP contribution < -0.4 is 10.6 Å². The average Bonchev–Trinajstić information content (AvgIpc) is 2.85. The van der Waals surface area contributed by atoms with Gasteiger partial charge in [-0.15, -0.1) is 11.3 Å². The second kappa shape index (κ2) is 7.08. The molecule has 1 atom stereocenters. The third-order valence-corrected chi connectivity index (χ3v) is 5.09. The standard InChI is InChI=1S/C12H15BrF3N3OS/c13-8-1-6-21-10(8)11(20)18-7-9(12(14,15)16)19-4-2-17-3-5-19/h1,6,9,17H,2-5,7H2,(H,18,20). The van der Waals surface area contributed by atoms with E-state index in [1.165, 1.54) is 16.2 Å². The molecule has 1 aromatic rings. The molecule has 1 aliphatic heterocycles. The predicted molar refractivity (Wildman–Crippen MR) is 78.6 cm³/mol. The van der Waals surface area contributed by atoms with Gasteiger partial charge in [-0.2, -0.15) is 13.2 Å². The first-order chi connectivity index (χ1) is 9.89. The van der Waals surface area contributed by atoms with Crippen molar-refractivity contribution in [1.82, 2.24) is 15.5 Å². The Morgan fingerprint density at radius 1 is 1.48 bits per heavy atom. The molecular weight excluding hydrogens is 371 g/mol. The van der Waals surface area contributed by atoms with Gasteiger partial charge in [0.05, 0.1) is 0 Å². The number of halogens is 4. The van der Waals surface area contributed by atoms with E-state index in [0.717, 1.165) is 0 Å². The molecule has 0 radical (unpaired) electrons. The van der Waals surface area contributed by atoms with Crippen LogP contribution in [0.2, 0.25) is 0 Å². The summed E-state index contributed by atoms with van der Waals surface area (Å²) < 4.78 is 40.1. The zero-order chi connectivity index (χ0) is 15.5. The van der Waals surface area contributed by atoms with Crippen LogP contribution in [-0.4, -0.2) is 55.7 Å². The van der Waals surface area contributed by atoms with Gasteiger partial charge in [0, 0.05) is 37.2 Å². The summed E-state index contributed by atoms with van der Waals surface area (Å²) >= 11 is 4.39. The Bertz CT molecular complexity index is 488. The van der Waals surface area contributed by atoms with Crippen LogP contribution in [0.15, 0.2) is 15.9 Å². The van der Waals surface area contributed by atoms with E-state index in [9.17, 15) is 18.0 Å². The lowest BCUT2D eigenvalue weighted by atomic mass is 10.2. The van der Waals surface area contributed by atoms with Crippen LogP contribution in [0.4, 0.5) is 13.2 Å². The molecule has 2 rings (SSSR count). The van der Waals surface area contributed by atoms with Crippen LogP contribution in [-0.2, 0) is 0 Å². The van der Waals surface area contributed by atoms with Crippen LogP contribution in [0.3, 0.4) is 0 Å². The van der Waals surface area contributed by atoms with Crippen molar-refractivity contribution >= 4 is 33.2 Å². The van der Waals surface area contributed by atoms with E-state index < -0.39 is 24.7 Å². The van der Waals surface area contributed by atoms with E-state index in [1.807, 2.05) is 0 Å². The molecule has 21 heavy (non-hydrogen) atoms. The predicted octanol–water partition coefficient (Wildman–Crippen LogP) is 2.08. The number of carbonyl (C=O) groups is 1. The third-order valence-electron chi connectivity index (χ3n) is 3.25. The first-order valence-electron chi connectivity index (χ1n) is 6.42. The molecule has 0 saturated carbocycles. The minimum atomic E-state index is -4.36. The third kappa shape index (κ3) is 4.41. The van der Waals surface area contributed by atoms with Gasteiger partial charge in [-0.05, 0) is 27.4 Å². The minimum absolute atomic E-state index is 0.322. The summed E-state index contributed by atoms with van der Waals surface area (Å²) in [5, 5.41) is 7.11. The van der Waals surface area contributed by atoms with Gasteiger partial charge in [0.2, 0.25) is 0 Å². The molecule has 1 aromatic heterocycles. The Morgan fingerprint density at radius 3 is 2.67 bits per heavy atom. The molecule has 1 fully saturated rings. The van der Waals surface area contributed by atoms with Gasteiger partial charge in [-0.1, -0.05) is 0 Å². The number of hydrogen-bond donors (Lipinski definition) is 2. The molecule has 2 heterocycles. The molecule has 0 aromatic carbocycles. The first kappa shape index (κ1) is 16.7. The smallest absolute Gasteiger partial charge is 0.349 e. The maximum atomic E-state index is 13.2. The van der Waals surface area contributed by atoms with Crippen molar-refractivity contribution in [2.45, 2.75) is 12.2 Å². The fraction of sp³-hybridized carbons (Fsp3) is 0.583. The van der Waals surface area contributed by atoms with Crippen LogP contribution in [0.1, 0.15) is 9.67 Å². The summed E-state index contributed by atoms with van der Waals surface area (Å²) in [6, 6.07) is 0.0409. The van der Waals surface area contributed by atoms with E-state index in [2.05, 4.69) is 26.6 Å². The lowest BCUT2D eigenvalue weighted by Crippen LogP contribution is -2.57. The van der Waals surface area contributed by atoms with Gasteiger partial charge in [0.25, 0.3) is 5.91 Å². The number of rotatable bonds is 4. The molecule has 1 aliphatic rings. The minimum Gasteiger partial charge on any atom is -0.349 e. The fourth-order valence-electron chi connectivity index (χ4n) is 2.17. The molecular formula is C12H15BrF3N3OS. The molecule has 1 unspecified atom stereocenters. The van der Waals surface area contributed by atoms with Crippen molar-refractivity contribution in [3.05, 3.63) is 20.8 Å². The van der Waals surface area contributed by atoms with Crippen molar-refractivity contribution in [3.8, 4) is 0 Å². The van der Waals surface area contributed by atoms with E-state index >= 15 is 0 Å². The summed E-state index contributed by atoms with van der Waals surface area (Å²) in [5.41, 5.74) is 0. The number of hydrogen-bond acceptors (Lipinski definition) is 4. The second-order valence-corrected chi connectivity index (χ2v) is 6.42. The summed E-state index contributed by atoms with van der Waals surface area (Å²) in [5.74, 6) is -0.485. The van der Waals surface area contributed by atoms with Crippen molar-refractivity contribution in [2.75, 3.05) is 32.7 Å². The SMILES string of the molecule is O=C(NCC(N1CCNCC1)C(F)(F)F)c1sccc1Br. The van der Waals surface area contributed by atoms with Crippen LogP contribution >= 0.6 is 27.3 Å². The maximum absolute atomic E-state index is 13.2. The molecule has 0 bridgehead atoms. The average molecular weight is 386 g/mol. The highest BCUT2D eigenvalue weighted by Crippen LogP contribution is 2.26. The first-order valence-corrected chi connectivity index (χ1v) is 8.09. The molecule has 0 spiro atoms. The van der Waals surface area contributed by atoms with Crippen molar-refractivity contribution in [2.24, 2.45) is 0 Å². The van der Waals surface area contributed by atoms with E-state index in [-0.39, 0.29) is 0 Å². The number of carbonyl (C=O) groups excluding carboxylic acids is 1. The topological polar surface area (TPSA) is 44.4 Å². The van der Waals surface area contributed by atoms with Crippen molar-refractivity contribution < 1.29 is 18.0 Å². The van der Waals surface area contributed by atoms with E-state index in [0.29, 0.717) is 35.5 Å². The highest BCUT2D eigenvalue weighted by Gasteiger charge is 2.43. The largest absolute Gasteiger partial charge is 0.405 e. The van der Waals surface area contributed by atoms with Crippen molar-refractivity contribution in [1.29, 1.82) is 0 Å². The zero-order valence-corrected chi connectivity index (χ0v) is 13.4. The van der Waals surface area contributed by atoms with Gasteiger partial charge in [-0.3, -0.25) is 9.69 Å². The monoisotopic (exact) mass is 385 g/mol. The number of piperazine rings is 1. The summed E-state index contributed by atoms with van der Waals surface area (Å²) in [7, 11) is 0. The number of amides is 1. The quantitative estimate of drug-likeness (QED) is 0.833. The Balaban J connectivity index is 1.99. The Hall–Kier alpha value is -0.640. The number of thiophene rings is 1. The lowest BCUT2D eigenvalue weighted by Gasteiger charge is -2.35. The number of nitrogens with zero attached hydrogens (tertiary/aromatic N) is 1. The Kier molecular flexibility index (Phi) is 5.64. The van der Waals surface area contributed by atoms with Crippen LogP contribution in [0.25, 0.3) is 0 Å². The van der Waals surface area contributed by atoms with Gasteiger partial charge < -0.3 is 10.6 Å². The van der Waals surface area contributed by atoms with Crippen LogP contribution in [0.5, 0.6) is 0 Å². The molecule has 1 saturated heterocycles. The summed E-state index contributed by atoms with van der Waals surface area (Å²) in [6.45, 7) is 1.26. The molecule has 0 aliphatic carbocycles. The normalized spacial score (nSPS) is 18.5. The van der Waals surface area contributed by atoms with Crippen LogP contribution in [0, 0.1) is 0 Å². The second-order valence-electron chi connectivity index (χ2n) is 4.65. The summed E-state index contributed by atoms with van der Waals surface area (Å²) in [6.07, 6.45) is -4.36. The van der Waals surface area contributed by atoms with Crippen molar-refractivity contribution in [3.63, 3.8) is 0 Å². The number of nitrogens with one attached hydrogen (secondary N) is 2. The molecule has 118 valence electrons. The Morgan fingerprint density at radius 2 is 2.14 bits per heavy atom. The molecule has 1 amide bonds. The maximum Gasteiger partial charge on any atom is 0.405 e. The highest BCUT2D eigenvalue weighted by molar-refractivity contribution is 9.10. The summed E-state index contributed by atoms with van der Waals surface area (Å²) in [4.78, 5) is 13.7. The van der Waals surface area contributed by atoms with Gasteiger partial charge in [0.1, 0.15) is 10.9 Å². The molecule has 4 nitrogen and oxygen atoms in total. The van der Waals surface area contributed by atoms with Gasteiger partial charge in [0.15, 0.2) is 0 Å². The van der Waals surface area contributed by atoms with E-state index in [4.69, 9.17) is 0 Å². The lowest BCUT2D eigenvalue weighted by molar-refractivity contribution is -0.183. The van der Waals surface area contributed by atoms with Gasteiger partial charge in [-0.25, -0.2) is 0 Å². The number of alkyl halides is 3.